The SMILES string of the molecule is O=S(=O)(NCCN1CCN(c2ccccc2)CC1)c1c(Cl)cc(Br)cc1Cl. The number of halogens is 3. The standard InChI is InChI=1S/C18H20BrCl2N3O2S/c19-14-12-16(20)18(17(21)13-14)27(25,26)22-6-7-23-8-10-24(11-9-23)15-4-2-1-3-5-15/h1-5,12-13,22H,6-11H2. The zero-order chi connectivity index (χ0) is 19.4. The van der Waals surface area contributed by atoms with Gasteiger partial charge in [-0.15, -0.1) is 0 Å². The maximum Gasteiger partial charge on any atom is 0.243 e. The summed E-state index contributed by atoms with van der Waals surface area (Å²) in [7, 11) is -3.76. The minimum Gasteiger partial charge on any atom is -0.369 e. The van der Waals surface area contributed by atoms with E-state index in [2.05, 4.69) is 42.6 Å². The first-order valence-electron chi connectivity index (χ1n) is 8.53. The molecule has 0 bridgehead atoms. The molecule has 3 rings (SSSR count). The Kier molecular flexibility index (Phi) is 7.05. The predicted octanol–water partition coefficient (Wildman–Crippen LogP) is 3.86. The molecule has 0 aliphatic carbocycles. The van der Waals surface area contributed by atoms with E-state index in [-0.39, 0.29) is 14.9 Å². The van der Waals surface area contributed by atoms with Crippen LogP contribution in [0.25, 0.3) is 0 Å². The van der Waals surface area contributed by atoms with E-state index in [1.54, 1.807) is 0 Å². The highest BCUT2D eigenvalue weighted by atomic mass is 79.9. The molecule has 0 spiro atoms. The van der Waals surface area contributed by atoms with Crippen molar-refractivity contribution in [2.75, 3.05) is 44.2 Å². The summed E-state index contributed by atoms with van der Waals surface area (Å²) < 4.78 is 28.3. The van der Waals surface area contributed by atoms with Crippen molar-refractivity contribution in [1.29, 1.82) is 0 Å². The van der Waals surface area contributed by atoms with Crippen molar-refractivity contribution < 1.29 is 8.42 Å². The zero-order valence-electron chi connectivity index (χ0n) is 14.5. The summed E-state index contributed by atoms with van der Waals surface area (Å²) in [5.41, 5.74) is 1.22. The number of piperazine rings is 1. The fourth-order valence-electron chi connectivity index (χ4n) is 3.06. The molecule has 1 aliphatic heterocycles. The van der Waals surface area contributed by atoms with E-state index in [9.17, 15) is 8.42 Å². The maximum atomic E-state index is 12.5. The summed E-state index contributed by atoms with van der Waals surface area (Å²) >= 11 is 15.4. The molecule has 2 aromatic carbocycles. The van der Waals surface area contributed by atoms with Crippen molar-refractivity contribution in [2.45, 2.75) is 4.90 Å². The molecule has 27 heavy (non-hydrogen) atoms. The number of nitrogens with zero attached hydrogens (tertiary/aromatic N) is 2. The molecule has 1 N–H and O–H groups in total. The largest absolute Gasteiger partial charge is 0.369 e. The molecular formula is C18H20BrCl2N3O2S. The zero-order valence-corrected chi connectivity index (χ0v) is 18.5. The van der Waals surface area contributed by atoms with Crippen LogP contribution in [0, 0.1) is 0 Å². The second-order valence-corrected chi connectivity index (χ2v) is 9.69. The van der Waals surface area contributed by atoms with Crippen LogP contribution in [0.3, 0.4) is 0 Å². The Balaban J connectivity index is 1.52. The summed E-state index contributed by atoms with van der Waals surface area (Å²) in [6.45, 7) is 4.54. The molecule has 0 saturated carbocycles. The number of sulfonamides is 1. The van der Waals surface area contributed by atoms with Crippen LogP contribution in [0.4, 0.5) is 5.69 Å². The predicted molar refractivity (Wildman–Crippen MR) is 114 cm³/mol. The number of rotatable bonds is 6. The van der Waals surface area contributed by atoms with E-state index in [0.717, 1.165) is 26.2 Å². The molecule has 1 fully saturated rings. The molecule has 0 atom stereocenters. The third kappa shape index (κ3) is 5.37. The first-order valence-corrected chi connectivity index (χ1v) is 11.6. The molecule has 146 valence electrons. The molecule has 1 aliphatic rings. The minimum atomic E-state index is -3.76. The van der Waals surface area contributed by atoms with Crippen LogP contribution in [0.5, 0.6) is 0 Å². The molecule has 1 saturated heterocycles. The van der Waals surface area contributed by atoms with Crippen LogP contribution >= 0.6 is 39.1 Å². The Morgan fingerprint density at radius 1 is 1.00 bits per heavy atom. The highest BCUT2D eigenvalue weighted by Crippen LogP contribution is 2.32. The number of benzene rings is 2. The van der Waals surface area contributed by atoms with Crippen LogP contribution in [0.1, 0.15) is 0 Å². The molecule has 2 aromatic rings. The van der Waals surface area contributed by atoms with Crippen molar-refractivity contribution in [2.24, 2.45) is 0 Å². The summed E-state index contributed by atoms with van der Waals surface area (Å²) in [4.78, 5) is 4.50. The topological polar surface area (TPSA) is 52.7 Å². The van der Waals surface area contributed by atoms with Crippen LogP contribution in [0.2, 0.25) is 10.0 Å². The van der Waals surface area contributed by atoms with E-state index in [4.69, 9.17) is 23.2 Å². The number of para-hydroxylation sites is 1. The van der Waals surface area contributed by atoms with Gasteiger partial charge in [-0.3, -0.25) is 4.90 Å². The molecule has 0 unspecified atom stereocenters. The van der Waals surface area contributed by atoms with Crippen molar-refractivity contribution in [1.82, 2.24) is 9.62 Å². The number of hydrogen-bond donors (Lipinski definition) is 1. The van der Waals surface area contributed by atoms with Crippen LogP contribution < -0.4 is 9.62 Å². The molecule has 9 heteroatoms. The van der Waals surface area contributed by atoms with E-state index in [1.165, 1.54) is 17.8 Å². The molecule has 5 nitrogen and oxygen atoms in total. The third-order valence-electron chi connectivity index (χ3n) is 4.45. The van der Waals surface area contributed by atoms with Gasteiger partial charge in [0.2, 0.25) is 10.0 Å². The lowest BCUT2D eigenvalue weighted by Gasteiger charge is -2.36. The lowest BCUT2D eigenvalue weighted by atomic mass is 10.2. The van der Waals surface area contributed by atoms with Gasteiger partial charge in [0.05, 0.1) is 10.0 Å². The minimum absolute atomic E-state index is 0.0806. The number of nitrogens with one attached hydrogen (secondary N) is 1. The summed E-state index contributed by atoms with van der Waals surface area (Å²) in [6.07, 6.45) is 0. The van der Waals surface area contributed by atoms with Gasteiger partial charge in [-0.25, -0.2) is 13.1 Å². The van der Waals surface area contributed by atoms with Crippen molar-refractivity contribution in [3.63, 3.8) is 0 Å². The monoisotopic (exact) mass is 491 g/mol. The number of hydrogen-bond acceptors (Lipinski definition) is 4. The molecule has 0 amide bonds. The van der Waals surface area contributed by atoms with Gasteiger partial charge in [0.15, 0.2) is 0 Å². The second kappa shape index (κ2) is 9.11. The van der Waals surface area contributed by atoms with Gasteiger partial charge >= 0.3 is 0 Å². The summed E-state index contributed by atoms with van der Waals surface area (Å²) in [6, 6.07) is 13.3. The number of anilines is 1. The summed E-state index contributed by atoms with van der Waals surface area (Å²) in [5.74, 6) is 0. The van der Waals surface area contributed by atoms with Crippen LogP contribution in [-0.4, -0.2) is 52.6 Å². The van der Waals surface area contributed by atoms with Gasteiger partial charge in [-0.1, -0.05) is 57.3 Å². The van der Waals surface area contributed by atoms with E-state index >= 15 is 0 Å². The van der Waals surface area contributed by atoms with Gasteiger partial charge in [-0.05, 0) is 24.3 Å². The Labute approximate surface area is 178 Å². The highest BCUT2D eigenvalue weighted by Gasteiger charge is 2.23. The fourth-order valence-corrected chi connectivity index (χ4v) is 6.02. The quantitative estimate of drug-likeness (QED) is 0.665. The van der Waals surface area contributed by atoms with Crippen molar-refractivity contribution in [3.05, 3.63) is 57.0 Å². The normalized spacial score (nSPS) is 15.9. The van der Waals surface area contributed by atoms with Gasteiger partial charge in [0, 0.05) is 49.4 Å². The molecule has 0 aromatic heterocycles. The summed E-state index contributed by atoms with van der Waals surface area (Å²) in [5, 5.41) is 0.191. The van der Waals surface area contributed by atoms with E-state index < -0.39 is 10.0 Å². The fraction of sp³-hybridized carbons (Fsp3) is 0.333. The maximum absolute atomic E-state index is 12.5. The van der Waals surface area contributed by atoms with Gasteiger partial charge in [0.1, 0.15) is 4.90 Å². The average molecular weight is 493 g/mol. The van der Waals surface area contributed by atoms with Gasteiger partial charge in [-0.2, -0.15) is 0 Å². The lowest BCUT2D eigenvalue weighted by Crippen LogP contribution is -2.48. The molecule has 1 heterocycles. The van der Waals surface area contributed by atoms with Crippen LogP contribution in [0.15, 0.2) is 51.8 Å². The first kappa shape index (κ1) is 20.9. The van der Waals surface area contributed by atoms with Crippen molar-refractivity contribution in [3.8, 4) is 0 Å². The van der Waals surface area contributed by atoms with E-state index in [0.29, 0.717) is 17.6 Å². The second-order valence-electron chi connectivity index (χ2n) is 6.26. The van der Waals surface area contributed by atoms with Crippen molar-refractivity contribution >= 4 is 54.8 Å². The van der Waals surface area contributed by atoms with Crippen LogP contribution in [-0.2, 0) is 10.0 Å². The van der Waals surface area contributed by atoms with Gasteiger partial charge in [0.25, 0.3) is 0 Å². The Morgan fingerprint density at radius 2 is 1.59 bits per heavy atom. The van der Waals surface area contributed by atoms with E-state index in [1.807, 2.05) is 18.2 Å². The smallest absolute Gasteiger partial charge is 0.243 e. The third-order valence-corrected chi connectivity index (χ3v) is 7.29. The highest BCUT2D eigenvalue weighted by molar-refractivity contribution is 9.10. The molecule has 0 radical (unpaired) electrons. The Morgan fingerprint density at radius 3 is 2.19 bits per heavy atom. The Hall–Kier alpha value is -0.830. The first-order chi connectivity index (χ1) is 12.9. The lowest BCUT2D eigenvalue weighted by molar-refractivity contribution is 0.262. The Bertz CT molecular complexity index is 866. The average Bonchev–Trinajstić information content (AvgIpc) is 2.62. The molecular weight excluding hydrogens is 473 g/mol. The van der Waals surface area contributed by atoms with Gasteiger partial charge < -0.3 is 4.90 Å².